The van der Waals surface area contributed by atoms with Crippen LogP contribution in [0.3, 0.4) is 0 Å². The van der Waals surface area contributed by atoms with E-state index in [1.54, 1.807) is 12.0 Å². The highest BCUT2D eigenvalue weighted by atomic mass is 32.2. The molecule has 2 fully saturated rings. The number of hydrogen-bond donors (Lipinski definition) is 0. The zero-order valence-corrected chi connectivity index (χ0v) is 20.8. The fourth-order valence-electron chi connectivity index (χ4n) is 5.02. The summed E-state index contributed by atoms with van der Waals surface area (Å²) in [7, 11) is 1.67. The predicted octanol–water partition coefficient (Wildman–Crippen LogP) is 5.56. The molecule has 8 heteroatoms. The maximum absolute atomic E-state index is 13.0. The molecule has 1 aromatic heterocycles. The number of methoxy groups -OCH3 is 1. The summed E-state index contributed by atoms with van der Waals surface area (Å²) in [6.07, 6.45) is 7.26. The fraction of sp³-hybridized carbons (Fsp3) is 0.407. The van der Waals surface area contributed by atoms with Gasteiger partial charge >= 0.3 is 0 Å². The maximum Gasteiger partial charge on any atom is 0.227 e. The van der Waals surface area contributed by atoms with Gasteiger partial charge in [0.05, 0.1) is 18.4 Å². The van der Waals surface area contributed by atoms with Crippen LogP contribution < -0.4 is 9.64 Å². The second-order valence-corrected chi connectivity index (χ2v) is 10.0. The van der Waals surface area contributed by atoms with E-state index in [9.17, 15) is 9.59 Å². The molecule has 1 aliphatic carbocycles. The molecule has 1 amide bonds. The lowest BCUT2D eigenvalue weighted by Crippen LogP contribution is -2.23. The first-order valence-corrected chi connectivity index (χ1v) is 13.3. The Hall–Kier alpha value is -3.13. The molecule has 2 aliphatic rings. The first-order chi connectivity index (χ1) is 17.2. The van der Waals surface area contributed by atoms with Gasteiger partial charge in [0.15, 0.2) is 16.8 Å². The SMILES string of the molecule is COc1ccccc1-c1nnc(SCC(=O)c2ccc(N3CCCC3=O)cc2)n1C1CCCCC1. The topological polar surface area (TPSA) is 77.3 Å². The van der Waals surface area contributed by atoms with E-state index in [0.29, 0.717) is 18.0 Å². The predicted molar refractivity (Wildman–Crippen MR) is 137 cm³/mol. The summed E-state index contributed by atoms with van der Waals surface area (Å²) >= 11 is 1.44. The minimum absolute atomic E-state index is 0.0336. The van der Waals surface area contributed by atoms with Crippen LogP contribution in [-0.2, 0) is 4.79 Å². The Morgan fingerprint density at radius 3 is 2.51 bits per heavy atom. The van der Waals surface area contributed by atoms with Crippen molar-refractivity contribution in [1.82, 2.24) is 14.8 Å². The number of ketones is 1. The maximum atomic E-state index is 13.0. The van der Waals surface area contributed by atoms with Gasteiger partial charge in [-0.05, 0) is 55.7 Å². The average Bonchev–Trinajstić information content (AvgIpc) is 3.54. The average molecular weight is 491 g/mol. The van der Waals surface area contributed by atoms with Gasteiger partial charge in [-0.2, -0.15) is 0 Å². The van der Waals surface area contributed by atoms with E-state index >= 15 is 0 Å². The lowest BCUT2D eigenvalue weighted by Gasteiger charge is -2.26. The molecular formula is C27H30N4O3S. The molecule has 0 atom stereocenters. The van der Waals surface area contributed by atoms with Gasteiger partial charge in [0.2, 0.25) is 5.91 Å². The van der Waals surface area contributed by atoms with Gasteiger partial charge in [-0.3, -0.25) is 14.2 Å². The van der Waals surface area contributed by atoms with Crippen molar-refractivity contribution in [2.45, 2.75) is 56.1 Å². The third-order valence-electron chi connectivity index (χ3n) is 6.86. The van der Waals surface area contributed by atoms with E-state index in [1.807, 2.05) is 48.5 Å². The summed E-state index contributed by atoms with van der Waals surface area (Å²) in [4.78, 5) is 26.8. The number of rotatable bonds is 8. The number of thioether (sulfide) groups is 1. The molecule has 1 aliphatic heterocycles. The van der Waals surface area contributed by atoms with Gasteiger partial charge in [0.25, 0.3) is 0 Å². The van der Waals surface area contributed by atoms with E-state index in [4.69, 9.17) is 4.74 Å². The van der Waals surface area contributed by atoms with Crippen molar-refractivity contribution in [2.24, 2.45) is 0 Å². The Morgan fingerprint density at radius 1 is 1.03 bits per heavy atom. The lowest BCUT2D eigenvalue weighted by molar-refractivity contribution is -0.117. The van der Waals surface area contributed by atoms with E-state index in [-0.39, 0.29) is 17.4 Å². The summed E-state index contributed by atoms with van der Waals surface area (Å²) < 4.78 is 7.81. The second kappa shape index (κ2) is 10.6. The molecule has 0 unspecified atom stereocenters. The van der Waals surface area contributed by atoms with E-state index in [2.05, 4.69) is 14.8 Å². The van der Waals surface area contributed by atoms with E-state index in [1.165, 1.54) is 31.0 Å². The van der Waals surface area contributed by atoms with Crippen LogP contribution in [0.15, 0.2) is 53.7 Å². The van der Waals surface area contributed by atoms with Crippen LogP contribution >= 0.6 is 11.8 Å². The van der Waals surface area contributed by atoms with Crippen LogP contribution in [-0.4, -0.2) is 45.9 Å². The highest BCUT2D eigenvalue weighted by Crippen LogP contribution is 2.38. The van der Waals surface area contributed by atoms with Crippen LogP contribution in [0.25, 0.3) is 11.4 Å². The molecule has 1 saturated carbocycles. The van der Waals surface area contributed by atoms with Crippen LogP contribution in [0.4, 0.5) is 5.69 Å². The van der Waals surface area contributed by atoms with Crippen LogP contribution in [0, 0.1) is 0 Å². The number of benzene rings is 2. The summed E-state index contributed by atoms with van der Waals surface area (Å²) in [5.74, 6) is 2.02. The van der Waals surface area contributed by atoms with Crippen LogP contribution in [0.5, 0.6) is 5.75 Å². The molecule has 2 aromatic carbocycles. The number of carbonyl (C=O) groups is 2. The van der Waals surface area contributed by atoms with E-state index in [0.717, 1.165) is 53.8 Å². The molecule has 2 heterocycles. The van der Waals surface area contributed by atoms with Crippen molar-refractivity contribution >= 4 is 29.1 Å². The second-order valence-electron chi connectivity index (χ2n) is 9.08. The van der Waals surface area contributed by atoms with Crippen molar-refractivity contribution in [3.05, 3.63) is 54.1 Å². The minimum atomic E-state index is 0.0336. The number of hydrogen-bond acceptors (Lipinski definition) is 6. The molecule has 0 spiro atoms. The van der Waals surface area contributed by atoms with Crippen LogP contribution in [0.1, 0.15) is 61.3 Å². The monoisotopic (exact) mass is 490 g/mol. The summed E-state index contributed by atoms with van der Waals surface area (Å²) in [6, 6.07) is 15.5. The highest BCUT2D eigenvalue weighted by Gasteiger charge is 2.26. The molecule has 1 saturated heterocycles. The third-order valence-corrected chi connectivity index (χ3v) is 7.80. The lowest BCUT2D eigenvalue weighted by atomic mass is 9.95. The van der Waals surface area contributed by atoms with Crippen molar-refractivity contribution in [2.75, 3.05) is 24.3 Å². The third kappa shape index (κ3) is 4.98. The Labute approximate surface area is 209 Å². The van der Waals surface area contributed by atoms with Crippen LogP contribution in [0.2, 0.25) is 0 Å². The molecule has 7 nitrogen and oxygen atoms in total. The Kier molecular flexibility index (Phi) is 7.18. The summed E-state index contributed by atoms with van der Waals surface area (Å²) in [5.41, 5.74) is 2.41. The fourth-order valence-corrected chi connectivity index (χ4v) is 5.92. The number of ether oxygens (including phenoxy) is 1. The Balaban J connectivity index is 1.35. The molecule has 35 heavy (non-hydrogen) atoms. The van der Waals surface area contributed by atoms with E-state index < -0.39 is 0 Å². The Bertz CT molecular complexity index is 1200. The van der Waals surface area contributed by atoms with Crippen molar-refractivity contribution in [3.8, 4) is 17.1 Å². The molecule has 0 N–H and O–H groups in total. The number of para-hydroxylation sites is 1. The van der Waals surface area contributed by atoms with Crippen molar-refractivity contribution in [3.63, 3.8) is 0 Å². The van der Waals surface area contributed by atoms with Gasteiger partial charge in [-0.25, -0.2) is 0 Å². The molecule has 5 rings (SSSR count). The molecule has 0 radical (unpaired) electrons. The first kappa shape index (κ1) is 23.6. The standard InChI is InChI=1S/C27H30N4O3S/c1-34-24-11-6-5-10-22(24)26-28-29-27(31(26)21-8-3-2-4-9-21)35-18-23(32)19-13-15-20(16-14-19)30-17-7-12-25(30)33/h5-6,10-11,13-16,21H,2-4,7-9,12,17-18H2,1H3. The normalized spacial score (nSPS) is 16.6. The smallest absolute Gasteiger partial charge is 0.227 e. The largest absolute Gasteiger partial charge is 0.496 e. The number of Topliss-reactive ketones (excluding diaryl/α,β-unsaturated/α-hetero) is 1. The number of amides is 1. The number of anilines is 1. The number of nitrogens with zero attached hydrogens (tertiary/aromatic N) is 4. The number of carbonyl (C=O) groups excluding carboxylic acids is 2. The molecule has 3 aromatic rings. The highest BCUT2D eigenvalue weighted by molar-refractivity contribution is 7.99. The molecular weight excluding hydrogens is 460 g/mol. The number of aromatic nitrogens is 3. The van der Waals surface area contributed by atoms with Gasteiger partial charge in [0, 0.05) is 30.3 Å². The summed E-state index contributed by atoms with van der Waals surface area (Å²) in [5, 5.41) is 9.82. The molecule has 182 valence electrons. The van der Waals surface area contributed by atoms with Gasteiger partial charge in [0.1, 0.15) is 5.75 Å². The minimum Gasteiger partial charge on any atom is -0.496 e. The van der Waals surface area contributed by atoms with Crippen molar-refractivity contribution < 1.29 is 14.3 Å². The Morgan fingerprint density at radius 2 is 1.80 bits per heavy atom. The van der Waals surface area contributed by atoms with Gasteiger partial charge in [-0.1, -0.05) is 43.2 Å². The zero-order chi connectivity index (χ0) is 24.2. The molecule has 0 bridgehead atoms. The van der Waals surface area contributed by atoms with Gasteiger partial charge < -0.3 is 9.64 Å². The zero-order valence-electron chi connectivity index (χ0n) is 20.0. The first-order valence-electron chi connectivity index (χ1n) is 12.3. The quantitative estimate of drug-likeness (QED) is 0.304. The van der Waals surface area contributed by atoms with Gasteiger partial charge in [-0.15, -0.1) is 10.2 Å². The van der Waals surface area contributed by atoms with Crippen molar-refractivity contribution in [1.29, 1.82) is 0 Å². The summed E-state index contributed by atoms with van der Waals surface area (Å²) in [6.45, 7) is 0.743.